The highest BCUT2D eigenvalue weighted by atomic mass is 35.5. The summed E-state index contributed by atoms with van der Waals surface area (Å²) >= 11 is 0. The summed E-state index contributed by atoms with van der Waals surface area (Å²) in [6.45, 7) is 8.26. The topological polar surface area (TPSA) is 102 Å². The predicted octanol–water partition coefficient (Wildman–Crippen LogP) is 1.10. The maximum absolute atomic E-state index is 12.3. The largest absolute Gasteiger partial charge is 0.465 e. The molecule has 1 aromatic carbocycles. The molecule has 150 valence electrons. The molecule has 0 radical (unpaired) electrons. The maximum Gasteiger partial charge on any atom is 0.324 e. The third-order valence-corrected chi connectivity index (χ3v) is 3.94. The number of anilines is 1. The summed E-state index contributed by atoms with van der Waals surface area (Å²) in [7, 11) is 0. The van der Waals surface area contributed by atoms with Gasteiger partial charge in [-0.1, -0.05) is 18.2 Å². The Hall–Kier alpha value is -1.38. The Bertz CT molecular complexity index is 567. The molecule has 0 saturated carbocycles. The first-order valence-corrected chi connectivity index (χ1v) is 7.99. The number of aryl methyl sites for hydroxylation is 2. The van der Waals surface area contributed by atoms with E-state index in [1.165, 1.54) is 0 Å². The number of rotatable bonds is 5. The normalized spacial score (nSPS) is 16.3. The molecule has 1 aliphatic rings. The first-order chi connectivity index (χ1) is 11.0. The van der Waals surface area contributed by atoms with Gasteiger partial charge in [0.05, 0.1) is 13.2 Å². The Labute approximate surface area is 167 Å². The van der Waals surface area contributed by atoms with Gasteiger partial charge in [0, 0.05) is 25.3 Å². The lowest BCUT2D eigenvalue weighted by Crippen LogP contribution is -2.55. The first-order valence-electron chi connectivity index (χ1n) is 7.99. The summed E-state index contributed by atoms with van der Waals surface area (Å²) in [5.74, 6) is -0.320. The van der Waals surface area contributed by atoms with Crippen molar-refractivity contribution in [2.24, 2.45) is 0 Å². The number of nitrogens with zero attached hydrogens (tertiary/aromatic N) is 1. The van der Waals surface area contributed by atoms with E-state index in [-0.39, 0.29) is 54.8 Å². The van der Waals surface area contributed by atoms with E-state index < -0.39 is 0 Å². The fourth-order valence-electron chi connectivity index (χ4n) is 2.75. The van der Waals surface area contributed by atoms with Crippen LogP contribution in [0.4, 0.5) is 5.69 Å². The molecule has 1 amide bonds. The zero-order valence-corrected chi connectivity index (χ0v) is 17.0. The Kier molecular flexibility index (Phi) is 13.3. The van der Waals surface area contributed by atoms with Crippen molar-refractivity contribution in [1.29, 1.82) is 0 Å². The number of benzene rings is 1. The summed E-state index contributed by atoms with van der Waals surface area (Å²) < 4.78 is 5.03. The van der Waals surface area contributed by atoms with Gasteiger partial charge in [-0.05, 0) is 31.9 Å². The highest BCUT2D eigenvalue weighted by molar-refractivity contribution is 5.93. The molecule has 0 aromatic heterocycles. The van der Waals surface area contributed by atoms with Crippen LogP contribution < -0.4 is 10.6 Å². The molecule has 1 unspecified atom stereocenters. The van der Waals surface area contributed by atoms with Gasteiger partial charge in [0.2, 0.25) is 5.91 Å². The molecular weight excluding hydrogens is 381 g/mol. The van der Waals surface area contributed by atoms with Crippen LogP contribution in [0.5, 0.6) is 0 Å². The van der Waals surface area contributed by atoms with E-state index in [1.807, 2.05) is 36.9 Å². The van der Waals surface area contributed by atoms with Crippen molar-refractivity contribution in [3.63, 3.8) is 0 Å². The number of halogens is 2. The number of hydrogen-bond donors (Lipinski definition) is 2. The Balaban J connectivity index is 0. The monoisotopic (exact) mass is 409 g/mol. The zero-order chi connectivity index (χ0) is 16.8. The Morgan fingerprint density at radius 3 is 2.46 bits per heavy atom. The zero-order valence-electron chi connectivity index (χ0n) is 15.3. The third-order valence-electron chi connectivity index (χ3n) is 3.94. The molecule has 4 N–H and O–H groups in total. The van der Waals surface area contributed by atoms with Gasteiger partial charge in [0.15, 0.2) is 0 Å². The van der Waals surface area contributed by atoms with Gasteiger partial charge in [-0.25, -0.2) is 0 Å². The molecule has 7 nitrogen and oxygen atoms in total. The van der Waals surface area contributed by atoms with Crippen molar-refractivity contribution in [1.82, 2.24) is 10.2 Å². The van der Waals surface area contributed by atoms with Crippen LogP contribution in [-0.2, 0) is 14.3 Å². The summed E-state index contributed by atoms with van der Waals surface area (Å²) in [5.41, 5.74) is 2.96. The lowest BCUT2D eigenvalue weighted by atomic mass is 10.1. The number of piperazine rings is 1. The van der Waals surface area contributed by atoms with Crippen LogP contribution >= 0.6 is 24.8 Å². The van der Waals surface area contributed by atoms with Crippen molar-refractivity contribution in [3.05, 3.63) is 29.3 Å². The Morgan fingerprint density at radius 2 is 1.88 bits per heavy atom. The van der Waals surface area contributed by atoms with Gasteiger partial charge < -0.3 is 20.8 Å². The average molecular weight is 410 g/mol. The minimum atomic E-state index is -0.364. The number of para-hydroxylation sites is 1. The quantitative estimate of drug-likeness (QED) is 0.708. The van der Waals surface area contributed by atoms with Crippen molar-refractivity contribution >= 4 is 42.4 Å². The molecule has 26 heavy (non-hydrogen) atoms. The van der Waals surface area contributed by atoms with Crippen LogP contribution in [0.25, 0.3) is 0 Å². The highest BCUT2D eigenvalue weighted by Gasteiger charge is 2.27. The molecule has 9 heteroatoms. The molecule has 1 aromatic rings. The molecule has 0 bridgehead atoms. The lowest BCUT2D eigenvalue weighted by Gasteiger charge is -2.31. The molecule has 1 saturated heterocycles. The highest BCUT2D eigenvalue weighted by Crippen LogP contribution is 2.19. The van der Waals surface area contributed by atoms with E-state index in [9.17, 15) is 9.59 Å². The van der Waals surface area contributed by atoms with E-state index in [0.717, 1.165) is 23.4 Å². The number of hydrogen-bond acceptors (Lipinski definition) is 5. The molecule has 0 spiro atoms. The SMILES string of the molecule is CCOC(=O)C1CN(CC(=O)Nc2c(C)cccc2C)CCN1.Cl.Cl.O. The second-order valence-electron chi connectivity index (χ2n) is 5.81. The summed E-state index contributed by atoms with van der Waals surface area (Å²) in [6, 6.07) is 5.56. The van der Waals surface area contributed by atoms with E-state index >= 15 is 0 Å². The van der Waals surface area contributed by atoms with Gasteiger partial charge in [-0.15, -0.1) is 24.8 Å². The van der Waals surface area contributed by atoms with Crippen LogP contribution in [0.15, 0.2) is 18.2 Å². The van der Waals surface area contributed by atoms with Crippen molar-refractivity contribution in [2.45, 2.75) is 26.8 Å². The van der Waals surface area contributed by atoms with Crippen molar-refractivity contribution < 1.29 is 19.8 Å². The lowest BCUT2D eigenvalue weighted by molar-refractivity contribution is -0.147. The average Bonchev–Trinajstić information content (AvgIpc) is 2.51. The third kappa shape index (κ3) is 7.47. The van der Waals surface area contributed by atoms with Gasteiger partial charge in [0.25, 0.3) is 0 Å². The van der Waals surface area contributed by atoms with Crippen molar-refractivity contribution in [2.75, 3.05) is 38.1 Å². The number of carbonyl (C=O) groups is 2. The van der Waals surface area contributed by atoms with E-state index in [4.69, 9.17) is 4.74 Å². The number of amides is 1. The van der Waals surface area contributed by atoms with Crippen LogP contribution in [-0.4, -0.2) is 61.1 Å². The van der Waals surface area contributed by atoms with E-state index in [0.29, 0.717) is 19.7 Å². The fraction of sp³-hybridized carbons (Fsp3) is 0.529. The van der Waals surface area contributed by atoms with E-state index in [1.54, 1.807) is 6.92 Å². The standard InChI is InChI=1S/C17H25N3O3.2ClH.H2O/c1-4-23-17(22)14-10-20(9-8-18-14)11-15(21)19-16-12(2)6-5-7-13(16)3;;;/h5-7,14,18H,4,8-11H2,1-3H3,(H,19,21);2*1H;1H2. The van der Waals surface area contributed by atoms with Crippen molar-refractivity contribution in [3.8, 4) is 0 Å². The number of carbonyl (C=O) groups excluding carboxylic acids is 2. The molecule has 1 atom stereocenters. The minimum Gasteiger partial charge on any atom is -0.465 e. The molecule has 1 fully saturated rings. The van der Waals surface area contributed by atoms with Crippen LogP contribution in [0.3, 0.4) is 0 Å². The van der Waals surface area contributed by atoms with Gasteiger partial charge in [0.1, 0.15) is 6.04 Å². The second kappa shape index (κ2) is 12.9. The van der Waals surface area contributed by atoms with Gasteiger partial charge >= 0.3 is 5.97 Å². The summed E-state index contributed by atoms with van der Waals surface area (Å²) in [5, 5.41) is 6.10. The maximum atomic E-state index is 12.3. The number of ether oxygens (including phenoxy) is 1. The minimum absolute atomic E-state index is 0. The van der Waals surface area contributed by atoms with Gasteiger partial charge in [-0.3, -0.25) is 14.5 Å². The number of esters is 1. The summed E-state index contributed by atoms with van der Waals surface area (Å²) in [4.78, 5) is 26.1. The first kappa shape index (κ1) is 26.8. The predicted molar refractivity (Wildman–Crippen MR) is 108 cm³/mol. The summed E-state index contributed by atoms with van der Waals surface area (Å²) in [6.07, 6.45) is 0. The van der Waals surface area contributed by atoms with Gasteiger partial charge in [-0.2, -0.15) is 0 Å². The molecule has 1 aliphatic heterocycles. The number of nitrogens with one attached hydrogen (secondary N) is 2. The molecule has 1 heterocycles. The molecular formula is C17H29Cl2N3O4. The van der Waals surface area contributed by atoms with E-state index in [2.05, 4.69) is 10.6 Å². The smallest absolute Gasteiger partial charge is 0.324 e. The fourth-order valence-corrected chi connectivity index (χ4v) is 2.75. The Morgan fingerprint density at radius 1 is 1.27 bits per heavy atom. The molecule has 2 rings (SSSR count). The second-order valence-corrected chi connectivity index (χ2v) is 5.81. The van der Waals surface area contributed by atoms with Crippen LogP contribution in [0.2, 0.25) is 0 Å². The van der Waals surface area contributed by atoms with Crippen LogP contribution in [0, 0.1) is 13.8 Å². The molecule has 0 aliphatic carbocycles. The van der Waals surface area contributed by atoms with Crippen LogP contribution in [0.1, 0.15) is 18.1 Å².